The SMILES string of the molecule is O=C1CC(S)CN1CCc1ccc(-c2ccccc2)cc1. The Balaban J connectivity index is 1.61. The van der Waals surface area contributed by atoms with E-state index >= 15 is 0 Å². The zero-order valence-electron chi connectivity index (χ0n) is 11.9. The molecule has 0 N–H and O–H groups in total. The van der Waals surface area contributed by atoms with Gasteiger partial charge in [-0.1, -0.05) is 54.6 Å². The van der Waals surface area contributed by atoms with E-state index < -0.39 is 0 Å². The van der Waals surface area contributed by atoms with Crippen LogP contribution in [0.4, 0.5) is 0 Å². The van der Waals surface area contributed by atoms with Crippen molar-refractivity contribution in [2.45, 2.75) is 18.1 Å². The number of hydrogen-bond donors (Lipinski definition) is 1. The zero-order chi connectivity index (χ0) is 14.7. The van der Waals surface area contributed by atoms with E-state index in [4.69, 9.17) is 0 Å². The molecule has 1 atom stereocenters. The second kappa shape index (κ2) is 6.35. The first-order chi connectivity index (χ1) is 10.2. The number of rotatable bonds is 4. The standard InChI is InChI=1S/C18H19NOS/c20-18-12-17(21)13-19(18)11-10-14-6-8-16(9-7-14)15-4-2-1-3-5-15/h1-9,17,21H,10-13H2. The second-order valence-corrected chi connectivity index (χ2v) is 6.24. The normalized spacial score (nSPS) is 18.2. The molecule has 2 aromatic rings. The highest BCUT2D eigenvalue weighted by Gasteiger charge is 2.26. The van der Waals surface area contributed by atoms with E-state index in [1.165, 1.54) is 16.7 Å². The van der Waals surface area contributed by atoms with Gasteiger partial charge in [-0.3, -0.25) is 4.79 Å². The van der Waals surface area contributed by atoms with Crippen LogP contribution in [-0.4, -0.2) is 29.1 Å². The van der Waals surface area contributed by atoms with Crippen LogP contribution in [0.1, 0.15) is 12.0 Å². The Morgan fingerprint density at radius 1 is 1.00 bits per heavy atom. The van der Waals surface area contributed by atoms with Crippen molar-refractivity contribution in [1.82, 2.24) is 4.90 Å². The Hall–Kier alpha value is -1.74. The molecule has 1 amide bonds. The maximum Gasteiger partial charge on any atom is 0.223 e. The van der Waals surface area contributed by atoms with E-state index in [9.17, 15) is 4.79 Å². The average molecular weight is 297 g/mol. The van der Waals surface area contributed by atoms with Gasteiger partial charge in [0.2, 0.25) is 5.91 Å². The number of likely N-dealkylation sites (tertiary alicyclic amines) is 1. The van der Waals surface area contributed by atoms with Crippen LogP contribution in [0.25, 0.3) is 11.1 Å². The molecule has 0 spiro atoms. The monoisotopic (exact) mass is 297 g/mol. The number of nitrogens with zero attached hydrogens (tertiary/aromatic N) is 1. The largest absolute Gasteiger partial charge is 0.341 e. The van der Waals surface area contributed by atoms with Gasteiger partial charge in [-0.05, 0) is 23.1 Å². The van der Waals surface area contributed by atoms with Gasteiger partial charge in [0.05, 0.1) is 0 Å². The molecule has 0 saturated carbocycles. The van der Waals surface area contributed by atoms with Crippen LogP contribution in [0, 0.1) is 0 Å². The fourth-order valence-corrected chi connectivity index (χ4v) is 3.08. The summed E-state index contributed by atoms with van der Waals surface area (Å²) < 4.78 is 0. The van der Waals surface area contributed by atoms with Crippen molar-refractivity contribution in [3.8, 4) is 11.1 Å². The smallest absolute Gasteiger partial charge is 0.223 e. The summed E-state index contributed by atoms with van der Waals surface area (Å²) in [4.78, 5) is 13.6. The molecule has 1 fully saturated rings. The predicted octanol–water partition coefficient (Wildman–Crippen LogP) is 3.43. The maximum atomic E-state index is 11.7. The summed E-state index contributed by atoms with van der Waals surface area (Å²) in [5.74, 6) is 0.232. The van der Waals surface area contributed by atoms with Gasteiger partial charge in [-0.25, -0.2) is 0 Å². The van der Waals surface area contributed by atoms with E-state index in [0.717, 1.165) is 19.5 Å². The quantitative estimate of drug-likeness (QED) is 0.857. The Kier molecular flexibility index (Phi) is 4.30. The minimum atomic E-state index is 0.206. The third kappa shape index (κ3) is 3.48. The third-order valence-electron chi connectivity index (χ3n) is 3.93. The molecule has 1 unspecified atom stereocenters. The molecule has 1 aliphatic heterocycles. The Bertz CT molecular complexity index is 609. The van der Waals surface area contributed by atoms with Gasteiger partial charge in [-0.2, -0.15) is 12.6 Å². The zero-order valence-corrected chi connectivity index (χ0v) is 12.8. The average Bonchev–Trinajstić information content (AvgIpc) is 2.84. The summed E-state index contributed by atoms with van der Waals surface area (Å²) in [7, 11) is 0. The van der Waals surface area contributed by atoms with Gasteiger partial charge in [0.1, 0.15) is 0 Å². The highest BCUT2D eigenvalue weighted by molar-refractivity contribution is 7.81. The fourth-order valence-electron chi connectivity index (χ4n) is 2.73. The van der Waals surface area contributed by atoms with E-state index in [-0.39, 0.29) is 11.2 Å². The molecule has 1 aliphatic rings. The molecule has 3 rings (SSSR count). The Morgan fingerprint density at radius 3 is 2.29 bits per heavy atom. The molecule has 108 valence electrons. The first-order valence-corrected chi connectivity index (χ1v) is 7.84. The predicted molar refractivity (Wildman–Crippen MR) is 89.6 cm³/mol. The van der Waals surface area contributed by atoms with Crippen LogP contribution in [0.15, 0.2) is 54.6 Å². The van der Waals surface area contributed by atoms with Crippen LogP contribution >= 0.6 is 12.6 Å². The molecule has 2 nitrogen and oxygen atoms in total. The molecule has 0 aromatic heterocycles. The highest BCUT2D eigenvalue weighted by atomic mass is 32.1. The number of benzene rings is 2. The molecule has 0 radical (unpaired) electrons. The molecular weight excluding hydrogens is 278 g/mol. The van der Waals surface area contributed by atoms with Crippen LogP contribution < -0.4 is 0 Å². The van der Waals surface area contributed by atoms with Gasteiger partial charge in [0.25, 0.3) is 0 Å². The summed E-state index contributed by atoms with van der Waals surface area (Å²) in [5.41, 5.74) is 3.73. The molecular formula is C18H19NOS. The molecule has 3 heteroatoms. The first kappa shape index (κ1) is 14.2. The lowest BCUT2D eigenvalue weighted by Crippen LogP contribution is -2.27. The topological polar surface area (TPSA) is 20.3 Å². The van der Waals surface area contributed by atoms with E-state index in [1.807, 2.05) is 11.0 Å². The Morgan fingerprint density at radius 2 is 1.67 bits per heavy atom. The van der Waals surface area contributed by atoms with Crippen molar-refractivity contribution < 1.29 is 4.79 Å². The van der Waals surface area contributed by atoms with Crippen molar-refractivity contribution >= 4 is 18.5 Å². The minimum absolute atomic E-state index is 0.206. The molecule has 0 bridgehead atoms. The van der Waals surface area contributed by atoms with Crippen LogP contribution in [0.2, 0.25) is 0 Å². The summed E-state index contributed by atoms with van der Waals surface area (Å²) in [6.07, 6.45) is 1.48. The van der Waals surface area contributed by atoms with E-state index in [0.29, 0.717) is 6.42 Å². The van der Waals surface area contributed by atoms with Crippen molar-refractivity contribution in [3.05, 3.63) is 60.2 Å². The molecule has 21 heavy (non-hydrogen) atoms. The second-order valence-electron chi connectivity index (χ2n) is 5.51. The van der Waals surface area contributed by atoms with Crippen molar-refractivity contribution in [2.24, 2.45) is 0 Å². The summed E-state index contributed by atoms with van der Waals surface area (Å²) in [6.45, 7) is 1.57. The van der Waals surface area contributed by atoms with Crippen LogP contribution in [0.5, 0.6) is 0 Å². The summed E-state index contributed by atoms with van der Waals surface area (Å²) in [5, 5.41) is 0.206. The molecule has 2 aromatic carbocycles. The van der Waals surface area contributed by atoms with Gasteiger partial charge >= 0.3 is 0 Å². The molecule has 1 saturated heterocycles. The van der Waals surface area contributed by atoms with Gasteiger partial charge < -0.3 is 4.90 Å². The number of carbonyl (C=O) groups excluding carboxylic acids is 1. The van der Waals surface area contributed by atoms with Crippen LogP contribution in [0.3, 0.4) is 0 Å². The number of amides is 1. The van der Waals surface area contributed by atoms with Crippen molar-refractivity contribution in [1.29, 1.82) is 0 Å². The molecule has 1 heterocycles. The third-order valence-corrected chi connectivity index (χ3v) is 4.27. The fraction of sp³-hybridized carbons (Fsp3) is 0.278. The lowest BCUT2D eigenvalue weighted by molar-refractivity contribution is -0.127. The first-order valence-electron chi connectivity index (χ1n) is 7.32. The van der Waals surface area contributed by atoms with Crippen molar-refractivity contribution in [2.75, 3.05) is 13.1 Å². The highest BCUT2D eigenvalue weighted by Crippen LogP contribution is 2.20. The number of carbonyl (C=O) groups is 1. The lowest BCUT2D eigenvalue weighted by atomic mass is 10.0. The lowest BCUT2D eigenvalue weighted by Gasteiger charge is -2.15. The molecule has 0 aliphatic carbocycles. The van der Waals surface area contributed by atoms with Crippen molar-refractivity contribution in [3.63, 3.8) is 0 Å². The number of hydrogen-bond acceptors (Lipinski definition) is 2. The summed E-state index contributed by atoms with van der Waals surface area (Å²) in [6, 6.07) is 19.0. The maximum absolute atomic E-state index is 11.7. The van der Waals surface area contributed by atoms with Gasteiger partial charge in [0.15, 0.2) is 0 Å². The van der Waals surface area contributed by atoms with Gasteiger partial charge in [0, 0.05) is 24.8 Å². The Labute approximate surface area is 131 Å². The van der Waals surface area contributed by atoms with Gasteiger partial charge in [-0.15, -0.1) is 0 Å². The minimum Gasteiger partial charge on any atom is -0.341 e. The summed E-state index contributed by atoms with van der Waals surface area (Å²) >= 11 is 4.38. The van der Waals surface area contributed by atoms with Crippen LogP contribution in [-0.2, 0) is 11.2 Å². The number of thiol groups is 1. The van der Waals surface area contributed by atoms with E-state index in [1.54, 1.807) is 0 Å². The van der Waals surface area contributed by atoms with E-state index in [2.05, 4.69) is 61.2 Å².